The van der Waals surface area contributed by atoms with Crippen molar-refractivity contribution in [3.63, 3.8) is 0 Å². The summed E-state index contributed by atoms with van der Waals surface area (Å²) >= 11 is 1.02. The number of esters is 1. The number of carboxylic acid groups (broad SMARTS) is 1. The average Bonchev–Trinajstić information content (AvgIpc) is 1.26. The number of carbonyl (C=O) groups is 12. The van der Waals surface area contributed by atoms with Crippen LogP contribution in [0.15, 0.2) is 90.3 Å². The highest BCUT2D eigenvalue weighted by Crippen LogP contribution is 2.30. The quantitative estimate of drug-likeness (QED) is 0.00964. The number of ether oxygens (including phenoxy) is 2. The van der Waals surface area contributed by atoms with Crippen molar-refractivity contribution >= 4 is 104 Å². The molecule has 1 aliphatic rings. The lowest BCUT2D eigenvalue weighted by molar-refractivity contribution is -0.159. The summed E-state index contributed by atoms with van der Waals surface area (Å²) in [5, 5.41) is 52.1. The van der Waals surface area contributed by atoms with E-state index in [1.165, 1.54) is 50.9 Å². The smallest absolute Gasteiger partial charge is 0.426 e. The Labute approximate surface area is 630 Å². The summed E-state index contributed by atoms with van der Waals surface area (Å²) < 4.78 is 10.9. The number of aliphatic hydroxyl groups excluding tert-OH is 1. The van der Waals surface area contributed by atoms with Crippen molar-refractivity contribution in [2.24, 2.45) is 23.5 Å². The SMILES string of the molecule is CCCC(=O)OCN(C(=O)[C@@H](NC(=O)[C@H]1CCCCN1C)C(C)CC)[C@H](C[C@@H](O)c1nc(C(=O)N[C@@H](Cc2ccc(O)cc2)C[C@H](C)C(=O)NNC(=O)OCCSSC[C@H](C)NC(=O)[C@H](CC(=O)O)NC(=O)[C@@H](N)CNC(=O)[C@H](Cc2ccccc2)NC(=O)[C@H](Cc2ccccc2)NC(C)=O)cs1)C(C)C. The number of carbonyl (C=O) groups excluding carboxylic acids is 11. The van der Waals surface area contributed by atoms with Gasteiger partial charge in [0, 0.05) is 80.1 Å². The highest BCUT2D eigenvalue weighted by molar-refractivity contribution is 8.76. The van der Waals surface area contributed by atoms with Crippen LogP contribution in [0.3, 0.4) is 0 Å². The molecule has 12 atom stereocenters. The highest BCUT2D eigenvalue weighted by Gasteiger charge is 2.40. The summed E-state index contributed by atoms with van der Waals surface area (Å²) in [7, 11) is 4.45. The minimum absolute atomic E-state index is 0.0147. The first-order valence-corrected chi connectivity index (χ1v) is 39.0. The zero-order valence-corrected chi connectivity index (χ0v) is 64.0. The maximum absolute atomic E-state index is 14.8. The van der Waals surface area contributed by atoms with Gasteiger partial charge in [0.15, 0.2) is 6.73 Å². The van der Waals surface area contributed by atoms with Crippen molar-refractivity contribution in [1.29, 1.82) is 0 Å². The van der Waals surface area contributed by atoms with Crippen LogP contribution in [0.5, 0.6) is 5.75 Å². The van der Waals surface area contributed by atoms with Gasteiger partial charge in [-0.25, -0.2) is 15.2 Å². The van der Waals surface area contributed by atoms with E-state index in [1.54, 1.807) is 86.6 Å². The number of aliphatic carboxylic acids is 1. The predicted molar refractivity (Wildman–Crippen MR) is 402 cm³/mol. The molecule has 4 aromatic rings. The fourth-order valence-electron chi connectivity index (χ4n) is 11.6. The summed E-state index contributed by atoms with van der Waals surface area (Å²) in [6.07, 6.45) is 0.923. The number of benzene rings is 3. The van der Waals surface area contributed by atoms with Crippen LogP contribution in [0.4, 0.5) is 4.79 Å². The van der Waals surface area contributed by atoms with E-state index in [4.69, 9.17) is 15.2 Å². The number of carboxylic acids is 1. The number of hydrogen-bond donors (Lipinski definition) is 13. The lowest BCUT2D eigenvalue weighted by Crippen LogP contribution is -2.59. The first kappa shape index (κ1) is 87.7. The number of aromatic nitrogens is 1. The monoisotopic (exact) mass is 1530 g/mol. The number of hydrazine groups is 1. The molecule has 106 heavy (non-hydrogen) atoms. The molecule has 0 bridgehead atoms. The van der Waals surface area contributed by atoms with Crippen LogP contribution in [0.25, 0.3) is 0 Å². The molecule has 2 heterocycles. The zero-order chi connectivity index (χ0) is 78.0. The van der Waals surface area contributed by atoms with Crippen molar-refractivity contribution in [1.82, 2.24) is 62.9 Å². The third kappa shape index (κ3) is 30.5. The molecule has 1 unspecified atom stereocenters. The molecule has 0 saturated carbocycles. The summed E-state index contributed by atoms with van der Waals surface area (Å²) in [6, 6.07) is 15.4. The van der Waals surface area contributed by atoms with Gasteiger partial charge in [0.05, 0.1) is 12.5 Å². The molecule has 14 N–H and O–H groups in total. The van der Waals surface area contributed by atoms with Gasteiger partial charge >= 0.3 is 18.0 Å². The maximum Gasteiger partial charge on any atom is 0.426 e. The molecular weight excluding hydrogens is 1430 g/mol. The number of aromatic hydroxyl groups is 1. The lowest BCUT2D eigenvalue weighted by Gasteiger charge is -2.39. The lowest BCUT2D eigenvalue weighted by atomic mass is 9.92. The first-order chi connectivity index (χ1) is 50.5. The molecule has 1 fully saturated rings. The Hall–Kier alpha value is -8.89. The van der Waals surface area contributed by atoms with Crippen molar-refractivity contribution in [2.45, 2.75) is 193 Å². The molecular formula is C73H105N13O17S3. The van der Waals surface area contributed by atoms with E-state index in [9.17, 15) is 72.9 Å². The molecule has 1 aromatic heterocycles. The zero-order valence-electron chi connectivity index (χ0n) is 61.6. The fraction of sp³-hybridized carbons (Fsp3) is 0.548. The van der Waals surface area contributed by atoms with Gasteiger partial charge in [0.25, 0.3) is 5.91 Å². The molecule has 10 amide bonds. The molecule has 33 heteroatoms. The van der Waals surface area contributed by atoms with Crippen molar-refractivity contribution < 1.29 is 82.3 Å². The van der Waals surface area contributed by atoms with Crippen molar-refractivity contribution in [3.05, 3.63) is 118 Å². The molecule has 5 rings (SSSR count). The fourth-order valence-corrected chi connectivity index (χ4v) is 14.5. The van der Waals surface area contributed by atoms with Gasteiger partial charge in [0.1, 0.15) is 59.4 Å². The Kier molecular flexibility index (Phi) is 37.7. The number of nitrogens with one attached hydrogen (secondary N) is 9. The number of phenols is 1. The number of likely N-dealkylation sites (N-methyl/N-ethyl adjacent to an activating group) is 1. The summed E-state index contributed by atoms with van der Waals surface area (Å²) in [6.45, 7) is 13.6. The third-order valence-corrected chi connectivity index (χ3v) is 21.2. The van der Waals surface area contributed by atoms with Crippen LogP contribution in [-0.2, 0) is 76.7 Å². The molecule has 1 saturated heterocycles. The number of piperidine rings is 1. The number of likely N-dealkylation sites (tertiary alicyclic amines) is 1. The van der Waals surface area contributed by atoms with E-state index in [-0.39, 0.29) is 90.8 Å². The van der Waals surface area contributed by atoms with Gasteiger partial charge in [-0.3, -0.25) is 63.1 Å². The molecule has 0 aliphatic carbocycles. The number of nitrogens with zero attached hydrogens (tertiary/aromatic N) is 3. The van der Waals surface area contributed by atoms with Crippen molar-refractivity contribution in [2.75, 3.05) is 45.0 Å². The van der Waals surface area contributed by atoms with Crippen molar-refractivity contribution in [3.8, 4) is 5.75 Å². The number of amides is 10. The molecule has 0 spiro atoms. The number of phenolic OH excluding ortho intramolecular Hbond substituents is 1. The maximum atomic E-state index is 14.8. The van der Waals surface area contributed by atoms with E-state index in [0.29, 0.717) is 30.4 Å². The Morgan fingerprint density at radius 1 is 0.717 bits per heavy atom. The van der Waals surface area contributed by atoms with Crippen LogP contribution in [0, 0.1) is 17.8 Å². The first-order valence-electron chi connectivity index (χ1n) is 35.6. The second-order valence-corrected chi connectivity index (χ2v) is 30.4. The Morgan fingerprint density at radius 3 is 1.94 bits per heavy atom. The number of nitrogens with two attached hydrogens (primary N) is 1. The average molecular weight is 1530 g/mol. The number of hydrogen-bond acceptors (Lipinski definition) is 22. The summed E-state index contributed by atoms with van der Waals surface area (Å²) in [5.74, 6) is -8.35. The van der Waals surface area contributed by atoms with Crippen LogP contribution in [0.2, 0.25) is 0 Å². The van der Waals surface area contributed by atoms with Gasteiger partial charge in [-0.05, 0) is 93.3 Å². The molecule has 0 radical (unpaired) electrons. The predicted octanol–water partition coefficient (Wildman–Crippen LogP) is 4.33. The Bertz CT molecular complexity index is 3530. The van der Waals surface area contributed by atoms with E-state index in [2.05, 4.69) is 53.1 Å². The minimum Gasteiger partial charge on any atom is -0.508 e. The minimum atomic E-state index is -1.57. The second-order valence-electron chi connectivity index (χ2n) is 26.8. The standard InChI is InChI=1S/C73H105N13O17S3/c1-10-20-62(92)103-42-86(72(100)63(44(5)11-2)82-70(99)58-25-18-19-30-85(58)9)59(43(3)4)38-60(89)71-81-57(41-104-71)69(98)78-51(34-50-26-28-52(88)29-27-50)33-45(6)64(93)83-84-73(101)102-31-32-105-106-40-46(7)76-67(96)56(37-61(90)91)79-65(94)53(74)39-75-66(95)54(35-48-21-14-12-15-22-48)80-68(97)55(77-47(8)87)36-49-23-16-13-17-24-49/h12-17,21-24,26-29,41,43-46,51,53-56,58-60,63,88-89H,10-11,18-20,25,30-40,42,74H2,1-9H3,(H,75,95)(H,76,96)(H,77,87)(H,78,98)(H,79,94)(H,80,97)(H,82,99)(H,83,93)(H,84,101)(H,90,91)/t44?,45-,46-,51+,53-,54-,55-,56-,58+,59+,60+,63-/m0/s1. The van der Waals surface area contributed by atoms with E-state index in [0.717, 1.165) is 36.3 Å². The van der Waals surface area contributed by atoms with Crippen LogP contribution >= 0.6 is 32.9 Å². The van der Waals surface area contributed by atoms with Crippen LogP contribution in [0.1, 0.15) is 151 Å². The van der Waals surface area contributed by atoms with Gasteiger partial charge in [0.2, 0.25) is 47.3 Å². The molecule has 1 aliphatic heterocycles. The molecule has 582 valence electrons. The third-order valence-electron chi connectivity index (χ3n) is 17.7. The molecule has 30 nitrogen and oxygen atoms in total. The summed E-state index contributed by atoms with van der Waals surface area (Å²) in [4.78, 5) is 168. The van der Waals surface area contributed by atoms with E-state index in [1.807, 2.05) is 46.6 Å². The Balaban J connectivity index is 1.09. The highest BCUT2D eigenvalue weighted by atomic mass is 33.1. The van der Waals surface area contributed by atoms with Crippen LogP contribution in [-0.4, -0.2) is 201 Å². The summed E-state index contributed by atoms with van der Waals surface area (Å²) in [5.41, 5.74) is 12.8. The number of aliphatic hydroxyl groups is 1. The second kappa shape index (κ2) is 45.6. The number of rotatable bonds is 43. The van der Waals surface area contributed by atoms with E-state index >= 15 is 0 Å². The van der Waals surface area contributed by atoms with Gasteiger partial charge < -0.3 is 72.6 Å². The van der Waals surface area contributed by atoms with Gasteiger partial charge in [-0.2, -0.15) is 0 Å². The largest absolute Gasteiger partial charge is 0.508 e. The van der Waals surface area contributed by atoms with E-state index < -0.39 is 151 Å². The van der Waals surface area contributed by atoms with Crippen LogP contribution < -0.4 is 53.8 Å². The van der Waals surface area contributed by atoms with Gasteiger partial charge in [-0.1, -0.05) is 149 Å². The normalized spacial score (nSPS) is 16.0. The Morgan fingerprint density at radius 2 is 1.34 bits per heavy atom. The number of thiazole rings is 1. The topological polar surface area (TPSA) is 438 Å². The van der Waals surface area contributed by atoms with Gasteiger partial charge in [-0.15, -0.1) is 11.3 Å². The molecule has 3 aromatic carbocycles.